The minimum absolute atomic E-state index is 0.283. The van der Waals surface area contributed by atoms with Gasteiger partial charge in [0.2, 0.25) is 10.0 Å². The second-order valence-electron chi connectivity index (χ2n) is 3.26. The van der Waals surface area contributed by atoms with Gasteiger partial charge in [0.25, 0.3) is 0 Å². The van der Waals surface area contributed by atoms with E-state index in [1.165, 1.54) is 23.1 Å². The monoisotopic (exact) mass is 301 g/mol. The molecule has 1 aromatic carbocycles. The standard InChI is InChI=1S/C10H11N3O2S3/c14-18(15,9-4-2-1-3-5-9)12-6-7-16-10-13-11-8-17-10/h1-5,8,12H,6-7H2. The van der Waals surface area contributed by atoms with Crippen LogP contribution in [0.15, 0.2) is 45.1 Å². The second-order valence-corrected chi connectivity index (χ2v) is 7.21. The lowest BCUT2D eigenvalue weighted by Gasteiger charge is -2.05. The lowest BCUT2D eigenvalue weighted by molar-refractivity contribution is 0.584. The van der Waals surface area contributed by atoms with Gasteiger partial charge in [0.15, 0.2) is 4.34 Å². The average Bonchev–Trinajstić information content (AvgIpc) is 2.89. The Hall–Kier alpha value is -0.960. The van der Waals surface area contributed by atoms with Gasteiger partial charge in [0.1, 0.15) is 5.51 Å². The molecule has 0 unspecified atom stereocenters. The van der Waals surface area contributed by atoms with E-state index in [1.54, 1.807) is 35.8 Å². The van der Waals surface area contributed by atoms with E-state index in [9.17, 15) is 8.42 Å². The highest BCUT2D eigenvalue weighted by atomic mass is 32.2. The van der Waals surface area contributed by atoms with Crippen molar-refractivity contribution in [1.29, 1.82) is 0 Å². The number of nitrogens with zero attached hydrogens (tertiary/aromatic N) is 2. The quantitative estimate of drug-likeness (QED) is 0.648. The van der Waals surface area contributed by atoms with Crippen LogP contribution in [0, 0.1) is 0 Å². The molecule has 1 heterocycles. The molecule has 0 aliphatic rings. The molecule has 0 aliphatic heterocycles. The summed E-state index contributed by atoms with van der Waals surface area (Å²) in [5.41, 5.74) is 1.65. The van der Waals surface area contributed by atoms with Crippen LogP contribution in [0.4, 0.5) is 0 Å². The molecule has 5 nitrogen and oxygen atoms in total. The number of rotatable bonds is 6. The Morgan fingerprint density at radius 2 is 2.06 bits per heavy atom. The van der Waals surface area contributed by atoms with Crippen LogP contribution < -0.4 is 4.72 Å². The van der Waals surface area contributed by atoms with Crippen LogP contribution in [0.25, 0.3) is 0 Å². The molecule has 1 aromatic heterocycles. The van der Waals surface area contributed by atoms with E-state index in [0.717, 1.165) is 4.34 Å². The molecule has 0 spiro atoms. The molecular formula is C10H11N3O2S3. The highest BCUT2D eigenvalue weighted by molar-refractivity contribution is 8.01. The predicted octanol–water partition coefficient (Wildman–Crippen LogP) is 1.61. The van der Waals surface area contributed by atoms with Crippen molar-refractivity contribution >= 4 is 33.1 Å². The third-order valence-corrected chi connectivity index (χ3v) is 5.35. The predicted molar refractivity (Wildman–Crippen MR) is 72.3 cm³/mol. The maximum atomic E-state index is 11.8. The van der Waals surface area contributed by atoms with Crippen molar-refractivity contribution in [2.24, 2.45) is 0 Å². The summed E-state index contributed by atoms with van der Waals surface area (Å²) in [6, 6.07) is 8.32. The van der Waals surface area contributed by atoms with Crippen LogP contribution in [-0.4, -0.2) is 30.9 Å². The van der Waals surface area contributed by atoms with Crippen LogP contribution in [0.1, 0.15) is 0 Å². The number of benzene rings is 1. The maximum absolute atomic E-state index is 11.8. The van der Waals surface area contributed by atoms with Gasteiger partial charge >= 0.3 is 0 Å². The molecule has 0 saturated carbocycles. The fraction of sp³-hybridized carbons (Fsp3) is 0.200. The van der Waals surface area contributed by atoms with Gasteiger partial charge in [0, 0.05) is 12.3 Å². The van der Waals surface area contributed by atoms with Crippen LogP contribution in [0.3, 0.4) is 0 Å². The van der Waals surface area contributed by atoms with Crippen molar-refractivity contribution < 1.29 is 8.42 Å². The van der Waals surface area contributed by atoms with Gasteiger partial charge in [-0.25, -0.2) is 13.1 Å². The lowest BCUT2D eigenvalue weighted by Crippen LogP contribution is -2.25. The maximum Gasteiger partial charge on any atom is 0.240 e. The van der Waals surface area contributed by atoms with Crippen LogP contribution >= 0.6 is 23.1 Å². The third-order valence-electron chi connectivity index (χ3n) is 2.01. The normalized spacial score (nSPS) is 11.6. The summed E-state index contributed by atoms with van der Waals surface area (Å²) in [6.07, 6.45) is 0. The Bertz CT molecular complexity index is 570. The molecule has 2 aromatic rings. The molecule has 0 bridgehead atoms. The van der Waals surface area contributed by atoms with Gasteiger partial charge < -0.3 is 0 Å². The van der Waals surface area contributed by atoms with Gasteiger partial charge in [0.05, 0.1) is 4.90 Å². The topological polar surface area (TPSA) is 72.0 Å². The molecule has 0 amide bonds. The average molecular weight is 301 g/mol. The molecule has 0 fully saturated rings. The van der Waals surface area contributed by atoms with E-state index in [4.69, 9.17) is 0 Å². The molecule has 1 N–H and O–H groups in total. The van der Waals surface area contributed by atoms with E-state index in [0.29, 0.717) is 12.3 Å². The number of nitrogens with one attached hydrogen (secondary N) is 1. The molecular weight excluding hydrogens is 290 g/mol. The van der Waals surface area contributed by atoms with E-state index >= 15 is 0 Å². The van der Waals surface area contributed by atoms with Crippen molar-refractivity contribution in [3.63, 3.8) is 0 Å². The van der Waals surface area contributed by atoms with Crippen LogP contribution in [-0.2, 0) is 10.0 Å². The first kappa shape index (κ1) is 13.5. The summed E-state index contributed by atoms with van der Waals surface area (Å²) in [6.45, 7) is 0.363. The Labute approximate surface area is 114 Å². The number of aromatic nitrogens is 2. The van der Waals surface area contributed by atoms with E-state index in [1.807, 2.05) is 0 Å². The summed E-state index contributed by atoms with van der Waals surface area (Å²) in [5.74, 6) is 0.626. The first-order chi connectivity index (χ1) is 8.68. The first-order valence-corrected chi connectivity index (χ1v) is 8.47. The smallest absolute Gasteiger partial charge is 0.210 e. The largest absolute Gasteiger partial charge is 0.240 e. The summed E-state index contributed by atoms with van der Waals surface area (Å²) in [7, 11) is -3.40. The third kappa shape index (κ3) is 3.77. The van der Waals surface area contributed by atoms with Crippen molar-refractivity contribution in [3.05, 3.63) is 35.8 Å². The van der Waals surface area contributed by atoms with E-state index in [2.05, 4.69) is 14.9 Å². The van der Waals surface area contributed by atoms with Crippen molar-refractivity contribution in [2.45, 2.75) is 9.24 Å². The second kappa shape index (κ2) is 6.28. The van der Waals surface area contributed by atoms with E-state index in [-0.39, 0.29) is 4.90 Å². The van der Waals surface area contributed by atoms with Crippen molar-refractivity contribution in [3.8, 4) is 0 Å². The number of sulfonamides is 1. The molecule has 0 saturated heterocycles. The molecule has 0 aliphatic carbocycles. The van der Waals surface area contributed by atoms with Gasteiger partial charge in [-0.2, -0.15) is 0 Å². The number of thioether (sulfide) groups is 1. The Balaban J connectivity index is 1.83. The van der Waals surface area contributed by atoms with Gasteiger partial charge in [-0.3, -0.25) is 0 Å². The highest BCUT2D eigenvalue weighted by Gasteiger charge is 2.12. The molecule has 96 valence electrons. The molecule has 8 heteroatoms. The van der Waals surface area contributed by atoms with Crippen LogP contribution in [0.2, 0.25) is 0 Å². The van der Waals surface area contributed by atoms with E-state index < -0.39 is 10.0 Å². The highest BCUT2D eigenvalue weighted by Crippen LogP contribution is 2.18. The lowest BCUT2D eigenvalue weighted by atomic mass is 10.4. The molecule has 0 atom stereocenters. The summed E-state index contributed by atoms with van der Waals surface area (Å²) in [5, 5.41) is 7.57. The fourth-order valence-corrected chi connectivity index (χ4v) is 3.82. The Kier molecular flexibility index (Phi) is 4.70. The summed E-state index contributed by atoms with van der Waals surface area (Å²) >= 11 is 2.92. The fourth-order valence-electron chi connectivity index (χ4n) is 1.22. The Morgan fingerprint density at radius 1 is 1.28 bits per heavy atom. The zero-order chi connectivity index (χ0) is 12.8. The first-order valence-electron chi connectivity index (χ1n) is 5.12. The molecule has 2 rings (SSSR count). The zero-order valence-corrected chi connectivity index (χ0v) is 11.8. The SMILES string of the molecule is O=S(=O)(NCCSc1nncs1)c1ccccc1. The van der Waals surface area contributed by atoms with Gasteiger partial charge in [-0.1, -0.05) is 41.3 Å². The van der Waals surface area contributed by atoms with Gasteiger partial charge in [-0.05, 0) is 12.1 Å². The molecule has 0 radical (unpaired) electrons. The van der Waals surface area contributed by atoms with Gasteiger partial charge in [-0.15, -0.1) is 10.2 Å². The zero-order valence-electron chi connectivity index (χ0n) is 9.31. The summed E-state index contributed by atoms with van der Waals surface area (Å²) in [4.78, 5) is 0.283. The van der Waals surface area contributed by atoms with Crippen molar-refractivity contribution in [2.75, 3.05) is 12.3 Å². The molecule has 18 heavy (non-hydrogen) atoms. The Morgan fingerprint density at radius 3 is 2.72 bits per heavy atom. The minimum Gasteiger partial charge on any atom is -0.210 e. The summed E-state index contributed by atoms with van der Waals surface area (Å²) < 4.78 is 27.1. The minimum atomic E-state index is -3.40. The number of hydrogen-bond acceptors (Lipinski definition) is 6. The van der Waals surface area contributed by atoms with Crippen LogP contribution in [0.5, 0.6) is 0 Å². The number of hydrogen-bond donors (Lipinski definition) is 1. The van der Waals surface area contributed by atoms with Crippen molar-refractivity contribution in [1.82, 2.24) is 14.9 Å².